The standard InChI is InChI=1S/C24H22N2O3/c27-20(25-11-14-6-3-5-13-4-1-2-7-15(13)14)12-26-23(28)21-16-8-9-17(19-10-18(16)19)22(21)24(26)29/h1-9,16-19,21-22H,10-12H2,(H,25,27)/t16-,17-,18-,19-,21-,22+/m1/s1. The lowest BCUT2D eigenvalue weighted by Gasteiger charge is -2.37. The molecule has 4 aliphatic carbocycles. The van der Waals surface area contributed by atoms with Gasteiger partial charge in [0.15, 0.2) is 0 Å². The van der Waals surface area contributed by atoms with Crippen LogP contribution in [0.4, 0.5) is 0 Å². The maximum atomic E-state index is 13.0. The molecule has 2 saturated carbocycles. The van der Waals surface area contributed by atoms with E-state index in [0.29, 0.717) is 18.4 Å². The largest absolute Gasteiger partial charge is 0.350 e. The first-order valence-corrected chi connectivity index (χ1v) is 10.4. The molecular weight excluding hydrogens is 364 g/mol. The van der Waals surface area contributed by atoms with Crippen LogP contribution in [0.2, 0.25) is 0 Å². The van der Waals surface area contributed by atoms with Crippen LogP contribution in [0.5, 0.6) is 0 Å². The molecule has 2 aromatic rings. The second-order valence-corrected chi connectivity index (χ2v) is 8.83. The minimum absolute atomic E-state index is 0.148. The minimum Gasteiger partial charge on any atom is -0.350 e. The number of likely N-dealkylation sites (tertiary alicyclic amines) is 1. The van der Waals surface area contributed by atoms with E-state index in [2.05, 4.69) is 17.5 Å². The second-order valence-electron chi connectivity index (χ2n) is 8.83. The third kappa shape index (κ3) is 2.43. The van der Waals surface area contributed by atoms with E-state index in [1.54, 1.807) is 0 Å². The van der Waals surface area contributed by atoms with Gasteiger partial charge in [-0.15, -0.1) is 0 Å². The van der Waals surface area contributed by atoms with Gasteiger partial charge in [-0.2, -0.15) is 0 Å². The van der Waals surface area contributed by atoms with Crippen molar-refractivity contribution in [2.24, 2.45) is 35.5 Å². The molecule has 1 saturated heterocycles. The van der Waals surface area contributed by atoms with Gasteiger partial charge in [-0.3, -0.25) is 19.3 Å². The molecule has 1 heterocycles. The van der Waals surface area contributed by atoms with E-state index >= 15 is 0 Å². The third-order valence-corrected chi connectivity index (χ3v) is 7.41. The van der Waals surface area contributed by atoms with Crippen LogP contribution >= 0.6 is 0 Å². The fourth-order valence-corrected chi connectivity index (χ4v) is 6.01. The van der Waals surface area contributed by atoms with Crippen molar-refractivity contribution in [3.05, 3.63) is 60.2 Å². The number of benzene rings is 2. The van der Waals surface area contributed by atoms with Crippen molar-refractivity contribution < 1.29 is 14.4 Å². The molecule has 5 heteroatoms. The van der Waals surface area contributed by atoms with E-state index in [4.69, 9.17) is 0 Å². The molecular formula is C24H22N2O3. The average Bonchev–Trinajstić information content (AvgIpc) is 3.53. The SMILES string of the molecule is O=C(CN1C(=O)[C@@H]2[C@@H]3C=C[C@H]([C@H]4C[C@H]34)[C@@H]2C1=O)NCc1cccc2ccccc12. The second kappa shape index (κ2) is 6.02. The number of carbonyl (C=O) groups excluding carboxylic acids is 3. The summed E-state index contributed by atoms with van der Waals surface area (Å²) in [5.41, 5.74) is 1.02. The molecule has 7 rings (SSSR count). The highest BCUT2D eigenvalue weighted by Gasteiger charge is 2.67. The maximum absolute atomic E-state index is 13.0. The number of carbonyl (C=O) groups is 3. The van der Waals surface area contributed by atoms with Crippen molar-refractivity contribution in [2.75, 3.05) is 6.54 Å². The van der Waals surface area contributed by atoms with Crippen molar-refractivity contribution in [1.29, 1.82) is 0 Å². The Labute approximate surface area is 168 Å². The van der Waals surface area contributed by atoms with E-state index in [1.165, 1.54) is 4.90 Å². The van der Waals surface area contributed by atoms with Gasteiger partial charge in [0.25, 0.3) is 0 Å². The molecule has 0 aromatic heterocycles. The van der Waals surface area contributed by atoms with Gasteiger partial charge < -0.3 is 5.32 Å². The molecule has 3 amide bonds. The van der Waals surface area contributed by atoms with Crippen LogP contribution in [0.1, 0.15) is 12.0 Å². The summed E-state index contributed by atoms with van der Waals surface area (Å²) in [5.74, 6) is 0.453. The average molecular weight is 386 g/mol. The van der Waals surface area contributed by atoms with Gasteiger partial charge >= 0.3 is 0 Å². The molecule has 1 aliphatic heterocycles. The van der Waals surface area contributed by atoms with Crippen molar-refractivity contribution in [3.63, 3.8) is 0 Å². The van der Waals surface area contributed by atoms with Crippen LogP contribution in [0, 0.1) is 35.5 Å². The summed E-state index contributed by atoms with van der Waals surface area (Å²) >= 11 is 0. The molecule has 5 nitrogen and oxygen atoms in total. The van der Waals surface area contributed by atoms with Crippen LogP contribution in [0.15, 0.2) is 54.6 Å². The molecule has 5 aliphatic rings. The van der Waals surface area contributed by atoms with Gasteiger partial charge in [0.05, 0.1) is 11.8 Å². The predicted octanol–water partition coefficient (Wildman–Crippen LogP) is 2.51. The maximum Gasteiger partial charge on any atom is 0.240 e. The van der Waals surface area contributed by atoms with Crippen molar-refractivity contribution >= 4 is 28.5 Å². The molecule has 1 N–H and O–H groups in total. The number of amides is 3. The number of nitrogens with zero attached hydrogens (tertiary/aromatic N) is 1. The summed E-state index contributed by atoms with van der Waals surface area (Å²) in [7, 11) is 0. The Morgan fingerprint density at radius 2 is 1.59 bits per heavy atom. The van der Waals surface area contributed by atoms with Gasteiger partial charge in [0.1, 0.15) is 6.54 Å². The Kier molecular flexibility index (Phi) is 3.52. The van der Waals surface area contributed by atoms with Crippen LogP contribution in [-0.2, 0) is 20.9 Å². The molecule has 29 heavy (non-hydrogen) atoms. The number of rotatable bonds is 4. The lowest BCUT2D eigenvalue weighted by molar-refractivity contribution is -0.143. The summed E-state index contributed by atoms with van der Waals surface area (Å²) in [5, 5.41) is 5.11. The van der Waals surface area contributed by atoms with Crippen molar-refractivity contribution in [3.8, 4) is 0 Å². The van der Waals surface area contributed by atoms with Gasteiger partial charge in [-0.05, 0) is 46.4 Å². The van der Waals surface area contributed by atoms with Crippen LogP contribution in [-0.4, -0.2) is 29.2 Å². The number of hydrogen-bond acceptors (Lipinski definition) is 3. The van der Waals surface area contributed by atoms with Crippen molar-refractivity contribution in [1.82, 2.24) is 10.2 Å². The van der Waals surface area contributed by atoms with E-state index in [9.17, 15) is 14.4 Å². The lowest BCUT2D eigenvalue weighted by atomic mass is 9.63. The lowest BCUT2D eigenvalue weighted by Crippen LogP contribution is -2.41. The molecule has 0 unspecified atom stereocenters. The zero-order chi connectivity index (χ0) is 19.7. The molecule has 0 radical (unpaired) electrons. The number of allylic oxidation sites excluding steroid dienone is 2. The van der Waals surface area contributed by atoms with E-state index in [-0.39, 0.29) is 47.9 Å². The first-order valence-electron chi connectivity index (χ1n) is 10.4. The third-order valence-electron chi connectivity index (χ3n) is 7.41. The summed E-state index contributed by atoms with van der Waals surface area (Å²) in [6, 6.07) is 14.0. The summed E-state index contributed by atoms with van der Waals surface area (Å²) in [6.07, 6.45) is 5.44. The van der Waals surface area contributed by atoms with Gasteiger partial charge in [-0.25, -0.2) is 0 Å². The van der Waals surface area contributed by atoms with Gasteiger partial charge in [-0.1, -0.05) is 54.6 Å². The van der Waals surface area contributed by atoms with E-state index in [1.807, 2.05) is 42.5 Å². The molecule has 2 bridgehead atoms. The Bertz CT molecular complexity index is 1050. The van der Waals surface area contributed by atoms with E-state index < -0.39 is 0 Å². The quantitative estimate of drug-likeness (QED) is 0.649. The monoisotopic (exact) mass is 386 g/mol. The number of nitrogens with one attached hydrogen (secondary N) is 1. The van der Waals surface area contributed by atoms with Crippen LogP contribution < -0.4 is 5.32 Å². The topological polar surface area (TPSA) is 66.5 Å². The van der Waals surface area contributed by atoms with Crippen LogP contribution in [0.3, 0.4) is 0 Å². The highest BCUT2D eigenvalue weighted by atomic mass is 16.2. The summed E-state index contributed by atoms with van der Waals surface area (Å²) < 4.78 is 0. The Morgan fingerprint density at radius 3 is 2.31 bits per heavy atom. The molecule has 146 valence electrons. The van der Waals surface area contributed by atoms with Crippen LogP contribution in [0.25, 0.3) is 10.8 Å². The van der Waals surface area contributed by atoms with Gasteiger partial charge in [0.2, 0.25) is 17.7 Å². The molecule has 0 spiro atoms. The Hall–Kier alpha value is -2.95. The zero-order valence-electron chi connectivity index (χ0n) is 16.0. The Balaban J connectivity index is 1.16. The molecule has 2 aromatic carbocycles. The van der Waals surface area contributed by atoms with E-state index in [0.717, 1.165) is 22.8 Å². The fraction of sp³-hybridized carbons (Fsp3) is 0.375. The first-order chi connectivity index (χ1) is 14.1. The molecule has 3 fully saturated rings. The first kappa shape index (κ1) is 17.0. The molecule has 6 atom stereocenters. The highest BCUT2D eigenvalue weighted by molar-refractivity contribution is 6.08. The Morgan fingerprint density at radius 1 is 0.931 bits per heavy atom. The normalized spacial score (nSPS) is 33.7. The number of hydrogen-bond donors (Lipinski definition) is 1. The number of fused-ring (bicyclic) bond motifs is 1. The minimum atomic E-state index is -0.288. The number of imide groups is 1. The predicted molar refractivity (Wildman–Crippen MR) is 107 cm³/mol. The van der Waals surface area contributed by atoms with Crippen molar-refractivity contribution in [2.45, 2.75) is 13.0 Å². The fourth-order valence-electron chi connectivity index (χ4n) is 6.01. The summed E-state index contributed by atoms with van der Waals surface area (Å²) in [6.45, 7) is 0.199. The zero-order valence-corrected chi connectivity index (χ0v) is 16.0. The van der Waals surface area contributed by atoms with Gasteiger partial charge in [0, 0.05) is 6.54 Å². The summed E-state index contributed by atoms with van der Waals surface area (Å²) in [4.78, 5) is 39.8. The smallest absolute Gasteiger partial charge is 0.240 e. The highest BCUT2D eigenvalue weighted by Crippen LogP contribution is 2.65.